The van der Waals surface area contributed by atoms with E-state index in [-0.39, 0.29) is 5.63 Å². The van der Waals surface area contributed by atoms with E-state index in [0.717, 1.165) is 27.6 Å². The summed E-state index contributed by atoms with van der Waals surface area (Å²) in [7, 11) is -3.47. The summed E-state index contributed by atoms with van der Waals surface area (Å²) in [6, 6.07) is 15.0. The molecular weight excluding hydrogens is 412 g/mol. The first-order valence-corrected chi connectivity index (χ1v) is 11.8. The molecule has 162 valence electrons. The summed E-state index contributed by atoms with van der Waals surface area (Å²) in [5, 5.41) is 2.21. The van der Waals surface area contributed by atoms with Crippen LogP contribution in [0.1, 0.15) is 22.3 Å². The summed E-state index contributed by atoms with van der Waals surface area (Å²) in [6.07, 6.45) is 1.63. The Kier molecular flexibility index (Phi) is 6.09. The number of fused-ring (bicyclic) bond motifs is 1. The molecule has 31 heavy (non-hydrogen) atoms. The van der Waals surface area contributed by atoms with Gasteiger partial charge >= 0.3 is 5.63 Å². The van der Waals surface area contributed by atoms with Crippen molar-refractivity contribution in [3.05, 3.63) is 86.6 Å². The lowest BCUT2D eigenvalue weighted by Gasteiger charge is -2.33. The maximum absolute atomic E-state index is 12.7. The van der Waals surface area contributed by atoms with Crippen LogP contribution in [0.15, 0.2) is 63.2 Å². The number of sulfonamides is 1. The third kappa shape index (κ3) is 4.79. The zero-order valence-electron chi connectivity index (χ0n) is 17.7. The highest BCUT2D eigenvalue weighted by Crippen LogP contribution is 2.24. The van der Waals surface area contributed by atoms with Crippen LogP contribution in [0.3, 0.4) is 0 Å². The van der Waals surface area contributed by atoms with Gasteiger partial charge in [-0.3, -0.25) is 4.90 Å². The van der Waals surface area contributed by atoms with Crippen molar-refractivity contribution in [2.45, 2.75) is 20.4 Å². The Balaban J connectivity index is 1.46. The van der Waals surface area contributed by atoms with E-state index in [1.54, 1.807) is 12.1 Å². The molecule has 0 bridgehead atoms. The van der Waals surface area contributed by atoms with E-state index in [1.807, 2.05) is 56.3 Å². The van der Waals surface area contributed by atoms with E-state index in [1.165, 1.54) is 9.71 Å². The van der Waals surface area contributed by atoms with Crippen molar-refractivity contribution in [1.29, 1.82) is 0 Å². The Morgan fingerprint density at radius 2 is 1.71 bits per heavy atom. The molecule has 1 saturated heterocycles. The summed E-state index contributed by atoms with van der Waals surface area (Å²) >= 11 is 0. The van der Waals surface area contributed by atoms with Gasteiger partial charge in [0.1, 0.15) is 5.58 Å². The molecule has 0 aliphatic carbocycles. The van der Waals surface area contributed by atoms with Crippen molar-refractivity contribution < 1.29 is 12.8 Å². The van der Waals surface area contributed by atoms with Crippen LogP contribution in [0.4, 0.5) is 0 Å². The number of nitrogens with zero attached hydrogens (tertiary/aromatic N) is 2. The highest BCUT2D eigenvalue weighted by Gasteiger charge is 2.25. The molecule has 4 rings (SSSR count). The third-order valence-electron chi connectivity index (χ3n) is 5.83. The number of rotatable bonds is 5. The van der Waals surface area contributed by atoms with Gasteiger partial charge in [0.25, 0.3) is 0 Å². The summed E-state index contributed by atoms with van der Waals surface area (Å²) in [4.78, 5) is 14.3. The molecule has 3 aromatic rings. The number of benzene rings is 2. The van der Waals surface area contributed by atoms with Crippen molar-refractivity contribution in [1.82, 2.24) is 9.21 Å². The zero-order valence-corrected chi connectivity index (χ0v) is 18.6. The number of hydrogen-bond donors (Lipinski definition) is 0. The summed E-state index contributed by atoms with van der Waals surface area (Å²) in [6.45, 7) is 6.57. The maximum atomic E-state index is 12.7. The van der Waals surface area contributed by atoms with Gasteiger partial charge in [-0.15, -0.1) is 0 Å². The molecule has 2 heterocycles. The summed E-state index contributed by atoms with van der Waals surface area (Å²) < 4.78 is 32.3. The molecule has 2 aromatic carbocycles. The minimum atomic E-state index is -3.47. The quantitative estimate of drug-likeness (QED) is 0.570. The second-order valence-electron chi connectivity index (χ2n) is 7.91. The second kappa shape index (κ2) is 8.78. The van der Waals surface area contributed by atoms with Gasteiger partial charge in [0.2, 0.25) is 10.0 Å². The minimum Gasteiger partial charge on any atom is -0.422 e. The fourth-order valence-corrected chi connectivity index (χ4v) is 5.03. The first-order chi connectivity index (χ1) is 14.8. The number of hydrogen-bond acceptors (Lipinski definition) is 5. The fraction of sp³-hybridized carbons (Fsp3) is 0.292. The molecule has 6 nitrogen and oxygen atoms in total. The highest BCUT2D eigenvalue weighted by atomic mass is 32.2. The van der Waals surface area contributed by atoms with E-state index in [9.17, 15) is 13.2 Å². The van der Waals surface area contributed by atoms with Crippen LogP contribution in [0.5, 0.6) is 0 Å². The van der Waals surface area contributed by atoms with E-state index in [2.05, 4.69) is 4.90 Å². The molecule has 1 aliphatic heterocycles. The first kappa shape index (κ1) is 21.5. The third-order valence-corrected chi connectivity index (χ3v) is 7.40. The zero-order chi connectivity index (χ0) is 22.0. The van der Waals surface area contributed by atoms with Gasteiger partial charge in [-0.1, -0.05) is 42.5 Å². The molecule has 1 fully saturated rings. The molecule has 1 aromatic heterocycles. The maximum Gasteiger partial charge on any atom is 0.336 e. The molecule has 0 atom stereocenters. The SMILES string of the molecule is Cc1ccc2c(CN3CCN(S(=O)(=O)C=Cc4ccccc4)CC3)cc(=O)oc2c1C. The molecule has 0 amide bonds. The van der Waals surface area contributed by atoms with Crippen LogP contribution in [-0.4, -0.2) is 43.8 Å². The molecule has 0 unspecified atom stereocenters. The van der Waals surface area contributed by atoms with E-state index in [0.29, 0.717) is 38.3 Å². The predicted molar refractivity (Wildman–Crippen MR) is 123 cm³/mol. The molecule has 0 spiro atoms. The van der Waals surface area contributed by atoms with Gasteiger partial charge in [0.05, 0.1) is 0 Å². The van der Waals surface area contributed by atoms with E-state index < -0.39 is 10.0 Å². The lowest BCUT2D eigenvalue weighted by atomic mass is 10.0. The molecule has 1 aliphatic rings. The normalized spacial score (nSPS) is 16.3. The Hall–Kier alpha value is -2.74. The van der Waals surface area contributed by atoms with Gasteiger partial charge in [-0.25, -0.2) is 13.2 Å². The Labute approximate surface area is 182 Å². The van der Waals surface area contributed by atoms with Crippen molar-refractivity contribution in [2.24, 2.45) is 0 Å². The average Bonchev–Trinajstić information content (AvgIpc) is 2.76. The Bertz CT molecular complexity index is 1270. The number of piperazine rings is 1. The van der Waals surface area contributed by atoms with Crippen LogP contribution in [0.25, 0.3) is 17.0 Å². The lowest BCUT2D eigenvalue weighted by molar-refractivity contribution is 0.183. The van der Waals surface area contributed by atoms with Crippen molar-refractivity contribution in [3.8, 4) is 0 Å². The monoisotopic (exact) mass is 438 g/mol. The van der Waals surface area contributed by atoms with Crippen molar-refractivity contribution in [3.63, 3.8) is 0 Å². The van der Waals surface area contributed by atoms with E-state index >= 15 is 0 Å². The number of aryl methyl sites for hydroxylation is 2. The highest BCUT2D eigenvalue weighted by molar-refractivity contribution is 7.92. The van der Waals surface area contributed by atoms with Gasteiger partial charge in [0.15, 0.2) is 0 Å². The molecule has 0 N–H and O–H groups in total. The first-order valence-electron chi connectivity index (χ1n) is 10.3. The Morgan fingerprint density at radius 1 is 1.00 bits per heavy atom. The predicted octanol–water partition coefficient (Wildman–Crippen LogP) is 3.53. The molecular formula is C24H26N2O4S. The van der Waals surface area contributed by atoms with Crippen LogP contribution < -0.4 is 5.63 Å². The van der Waals surface area contributed by atoms with Gasteiger partial charge in [0, 0.05) is 49.6 Å². The summed E-state index contributed by atoms with van der Waals surface area (Å²) in [5.74, 6) is 0. The fourth-order valence-electron chi connectivity index (χ4n) is 3.85. The molecule has 0 saturated carbocycles. The average molecular weight is 439 g/mol. The van der Waals surface area contributed by atoms with Gasteiger partial charge in [-0.2, -0.15) is 4.31 Å². The standard InChI is InChI=1S/C24H26N2O4S/c1-18-8-9-22-21(16-23(27)30-24(22)19(18)2)17-25-11-13-26(14-12-25)31(28,29)15-10-20-6-4-3-5-7-20/h3-10,15-16H,11-14,17H2,1-2H3. The van der Waals surface area contributed by atoms with Crippen LogP contribution in [-0.2, 0) is 16.6 Å². The molecule has 0 radical (unpaired) electrons. The topological polar surface area (TPSA) is 70.8 Å². The van der Waals surface area contributed by atoms with Crippen LogP contribution in [0, 0.1) is 13.8 Å². The smallest absolute Gasteiger partial charge is 0.336 e. The molecule has 7 heteroatoms. The minimum absolute atomic E-state index is 0.358. The summed E-state index contributed by atoms with van der Waals surface area (Å²) in [5.41, 5.74) is 4.09. The van der Waals surface area contributed by atoms with E-state index in [4.69, 9.17) is 4.42 Å². The van der Waals surface area contributed by atoms with Crippen molar-refractivity contribution >= 4 is 27.1 Å². The van der Waals surface area contributed by atoms with Crippen molar-refractivity contribution in [2.75, 3.05) is 26.2 Å². The van der Waals surface area contributed by atoms with Crippen LogP contribution >= 0.6 is 0 Å². The van der Waals surface area contributed by atoms with Crippen LogP contribution in [0.2, 0.25) is 0 Å². The largest absolute Gasteiger partial charge is 0.422 e. The van der Waals surface area contributed by atoms with Gasteiger partial charge in [-0.05, 0) is 42.2 Å². The Morgan fingerprint density at radius 3 is 2.42 bits per heavy atom. The second-order valence-corrected chi connectivity index (χ2v) is 9.73. The lowest BCUT2D eigenvalue weighted by Crippen LogP contribution is -2.47. The van der Waals surface area contributed by atoms with Gasteiger partial charge < -0.3 is 4.42 Å².